The van der Waals surface area contributed by atoms with Crippen LogP contribution < -0.4 is 22.4 Å². The Bertz CT molecular complexity index is 3700. The van der Waals surface area contributed by atoms with Crippen molar-refractivity contribution in [2.24, 2.45) is 0 Å². The molecular formula is C49H31N3O10S2. The number of aromatic hydroxyl groups is 2. The van der Waals surface area contributed by atoms with E-state index in [-0.39, 0.29) is 43.2 Å². The number of non-ortho nitro benzene ring substituents is 1. The molecule has 0 radical (unpaired) electrons. The molecule has 0 aliphatic carbocycles. The summed E-state index contributed by atoms with van der Waals surface area (Å²) in [7, 11) is 0. The third-order valence-corrected chi connectivity index (χ3v) is 12.4. The van der Waals surface area contributed by atoms with Gasteiger partial charge < -0.3 is 19.0 Å². The number of nitro benzene ring substituents is 1. The van der Waals surface area contributed by atoms with Crippen molar-refractivity contribution in [1.29, 1.82) is 0 Å². The smallest absolute Gasteiger partial charge is 0.354 e. The highest BCUT2D eigenvalue weighted by atomic mass is 32.2. The Balaban J connectivity index is 0.000000162. The molecule has 4 aromatic heterocycles. The summed E-state index contributed by atoms with van der Waals surface area (Å²) in [6, 6.07) is 45.3. The van der Waals surface area contributed by atoms with E-state index >= 15 is 0 Å². The minimum absolute atomic E-state index is 0.00155. The number of nitrogens with zero attached hydrogens (tertiary/aromatic N) is 3. The van der Waals surface area contributed by atoms with Gasteiger partial charge in [0.2, 0.25) is 0 Å². The quantitative estimate of drug-likeness (QED) is 0.0877. The lowest BCUT2D eigenvalue weighted by molar-refractivity contribution is -0.384. The summed E-state index contributed by atoms with van der Waals surface area (Å²) in [4.78, 5) is 64.0. The van der Waals surface area contributed by atoms with Gasteiger partial charge in [-0.3, -0.25) is 28.8 Å². The van der Waals surface area contributed by atoms with Gasteiger partial charge >= 0.3 is 11.3 Å². The van der Waals surface area contributed by atoms with Crippen LogP contribution in [0, 0.1) is 17.0 Å². The van der Waals surface area contributed by atoms with Gasteiger partial charge in [-0.15, -0.1) is 0 Å². The molecule has 0 amide bonds. The second kappa shape index (κ2) is 17.0. The zero-order valence-corrected chi connectivity index (χ0v) is 35.0. The number of para-hydroxylation sites is 4. The lowest BCUT2D eigenvalue weighted by atomic mass is 10.1. The van der Waals surface area contributed by atoms with Crippen LogP contribution in [0.25, 0.3) is 55.1 Å². The van der Waals surface area contributed by atoms with E-state index in [0.29, 0.717) is 38.1 Å². The van der Waals surface area contributed by atoms with Crippen molar-refractivity contribution < 1.29 is 24.0 Å². The summed E-state index contributed by atoms with van der Waals surface area (Å²) >= 11 is 1.94. The maximum Gasteiger partial charge on any atom is 0.354 e. The van der Waals surface area contributed by atoms with Gasteiger partial charge in [-0.25, -0.2) is 9.59 Å². The van der Waals surface area contributed by atoms with Gasteiger partial charge in [0.25, 0.3) is 16.8 Å². The van der Waals surface area contributed by atoms with E-state index in [9.17, 15) is 39.5 Å². The largest absolute Gasteiger partial charge is 0.505 e. The van der Waals surface area contributed by atoms with Crippen LogP contribution in [0.4, 0.5) is 5.69 Å². The number of fused-ring (bicyclic) bond motifs is 6. The molecule has 10 aromatic rings. The van der Waals surface area contributed by atoms with Gasteiger partial charge in [0, 0.05) is 44.1 Å². The second-order valence-electron chi connectivity index (χ2n) is 14.3. The van der Waals surface area contributed by atoms with Gasteiger partial charge in [-0.2, -0.15) is 0 Å². The first-order valence-electron chi connectivity index (χ1n) is 19.4. The third-order valence-electron chi connectivity index (χ3n) is 10.3. The second-order valence-corrected chi connectivity index (χ2v) is 16.5. The SMILES string of the molecule is Cc1ccc(Sc2c(O)c3c(=O)n(-c4ccccc4)c4ccccc4c3oc2=O)cc1.O=c1oc2c(c(O)c1Sc1ccc([N+](=O)[O-])cc1)c(=O)n(-c1ccccc1)c1ccccc21. The fraction of sp³-hybridized carbons (Fsp3) is 0.0204. The van der Waals surface area contributed by atoms with Crippen LogP contribution in [0.3, 0.4) is 0 Å². The molecule has 4 heterocycles. The summed E-state index contributed by atoms with van der Waals surface area (Å²) in [6.07, 6.45) is 0. The topological polar surface area (TPSA) is 188 Å². The lowest BCUT2D eigenvalue weighted by Gasteiger charge is -2.14. The molecule has 10 rings (SSSR count). The highest BCUT2D eigenvalue weighted by molar-refractivity contribution is 7.99. The van der Waals surface area contributed by atoms with Crippen molar-refractivity contribution >= 4 is 73.0 Å². The molecule has 0 saturated carbocycles. The number of nitro groups is 1. The molecule has 0 unspecified atom stereocenters. The number of hydrogen-bond donors (Lipinski definition) is 2. The highest BCUT2D eigenvalue weighted by Crippen LogP contribution is 2.39. The molecule has 0 bridgehead atoms. The zero-order valence-electron chi connectivity index (χ0n) is 33.3. The van der Waals surface area contributed by atoms with Crippen LogP contribution in [0.5, 0.6) is 11.5 Å². The van der Waals surface area contributed by atoms with Crippen molar-refractivity contribution in [3.8, 4) is 22.9 Å². The molecule has 13 nitrogen and oxygen atoms in total. The Morgan fingerprint density at radius 3 is 1.30 bits per heavy atom. The van der Waals surface area contributed by atoms with Gasteiger partial charge in [0.15, 0.2) is 22.7 Å². The Kier molecular flexibility index (Phi) is 10.9. The van der Waals surface area contributed by atoms with E-state index in [4.69, 9.17) is 8.83 Å². The fourth-order valence-electron chi connectivity index (χ4n) is 7.28. The van der Waals surface area contributed by atoms with Crippen LogP contribution in [-0.4, -0.2) is 24.3 Å². The van der Waals surface area contributed by atoms with Crippen molar-refractivity contribution in [3.63, 3.8) is 0 Å². The molecule has 15 heteroatoms. The molecule has 6 aromatic carbocycles. The monoisotopic (exact) mass is 885 g/mol. The molecule has 64 heavy (non-hydrogen) atoms. The minimum Gasteiger partial charge on any atom is -0.505 e. The molecule has 0 saturated heterocycles. The summed E-state index contributed by atoms with van der Waals surface area (Å²) in [6.45, 7) is 1.97. The molecule has 314 valence electrons. The van der Waals surface area contributed by atoms with Crippen molar-refractivity contribution in [3.05, 3.63) is 215 Å². The number of hydrogen-bond acceptors (Lipinski definition) is 12. The third kappa shape index (κ3) is 7.48. The van der Waals surface area contributed by atoms with Crippen LogP contribution in [-0.2, 0) is 0 Å². The van der Waals surface area contributed by atoms with E-state index in [0.717, 1.165) is 34.0 Å². The van der Waals surface area contributed by atoms with E-state index in [2.05, 4.69) is 0 Å². The minimum atomic E-state index is -0.814. The standard InChI is InChI=1S/C25H17NO4S.C24H14N2O6S/c1-15-11-13-17(14-12-15)31-23-21(27)20-22(30-25(23)29)18-9-5-6-10-19(18)26(24(20)28)16-7-3-2-4-8-16;27-20-19-21(32-24(29)22(20)33-16-12-10-15(11-13-16)26(30)31)17-8-4-5-9-18(17)25(23(19)28)14-6-2-1-3-7-14/h2-14,27H,1H3;1-13,27H. The van der Waals surface area contributed by atoms with Crippen LogP contribution in [0.15, 0.2) is 205 Å². The number of benzene rings is 6. The molecule has 0 aliphatic rings. The van der Waals surface area contributed by atoms with E-state index in [1.165, 1.54) is 33.4 Å². The van der Waals surface area contributed by atoms with E-state index in [1.807, 2.05) is 73.7 Å². The zero-order chi connectivity index (χ0) is 44.6. The summed E-state index contributed by atoms with van der Waals surface area (Å²) in [5.74, 6) is -0.859. The molecular weight excluding hydrogens is 855 g/mol. The Morgan fingerprint density at radius 2 is 0.891 bits per heavy atom. The van der Waals surface area contributed by atoms with E-state index in [1.54, 1.807) is 66.7 Å². The highest BCUT2D eigenvalue weighted by Gasteiger charge is 2.24. The normalized spacial score (nSPS) is 11.2. The van der Waals surface area contributed by atoms with Crippen LogP contribution in [0.2, 0.25) is 0 Å². The average Bonchev–Trinajstić information content (AvgIpc) is 3.30. The van der Waals surface area contributed by atoms with Crippen LogP contribution in [0.1, 0.15) is 5.56 Å². The number of aromatic nitrogens is 2. The predicted octanol–water partition coefficient (Wildman–Crippen LogP) is 10.1. The van der Waals surface area contributed by atoms with Gasteiger partial charge in [0.1, 0.15) is 20.6 Å². The fourth-order valence-corrected chi connectivity index (χ4v) is 8.94. The lowest BCUT2D eigenvalue weighted by Crippen LogP contribution is -2.20. The molecule has 0 aliphatic heterocycles. The molecule has 0 atom stereocenters. The number of aryl methyl sites for hydroxylation is 1. The van der Waals surface area contributed by atoms with Crippen molar-refractivity contribution in [2.45, 2.75) is 26.5 Å². The Morgan fingerprint density at radius 1 is 0.516 bits per heavy atom. The maximum absolute atomic E-state index is 13.6. The first kappa shape index (κ1) is 41.2. The summed E-state index contributed by atoms with van der Waals surface area (Å²) < 4.78 is 14.1. The molecule has 0 fully saturated rings. The number of rotatable bonds is 7. The summed E-state index contributed by atoms with van der Waals surface area (Å²) in [5, 5.41) is 33.9. The van der Waals surface area contributed by atoms with Crippen molar-refractivity contribution in [1.82, 2.24) is 9.13 Å². The number of pyridine rings is 2. The Hall–Kier alpha value is -8.14. The van der Waals surface area contributed by atoms with Crippen molar-refractivity contribution in [2.75, 3.05) is 0 Å². The first-order valence-corrected chi connectivity index (χ1v) is 21.1. The van der Waals surface area contributed by atoms with Gasteiger partial charge in [0.05, 0.1) is 16.0 Å². The molecule has 2 N–H and O–H groups in total. The summed E-state index contributed by atoms with van der Waals surface area (Å²) in [5.41, 5.74) is 0.938. The van der Waals surface area contributed by atoms with Gasteiger partial charge in [-0.05, 0) is 79.7 Å². The average molecular weight is 886 g/mol. The van der Waals surface area contributed by atoms with E-state index < -0.39 is 33.0 Å². The maximum atomic E-state index is 13.6. The van der Waals surface area contributed by atoms with Gasteiger partial charge in [-0.1, -0.05) is 102 Å². The Labute approximate surface area is 368 Å². The predicted molar refractivity (Wildman–Crippen MR) is 247 cm³/mol. The van der Waals surface area contributed by atoms with Crippen LogP contribution >= 0.6 is 23.5 Å². The molecule has 0 spiro atoms. The first-order chi connectivity index (χ1) is 31.0.